The second-order valence-electron chi connectivity index (χ2n) is 4.53. The molecule has 0 amide bonds. The standard InChI is InChI=1S/C11H13BrN4/c1-11(2,3)16-7-14-15-10(16)9-8(12)5-4-6-13-9/h4-7H,1-3H3. The Labute approximate surface area is 103 Å². The van der Waals surface area contributed by atoms with Crippen LogP contribution in [0.2, 0.25) is 0 Å². The van der Waals surface area contributed by atoms with Crippen molar-refractivity contribution in [3.05, 3.63) is 29.1 Å². The van der Waals surface area contributed by atoms with E-state index in [1.54, 1.807) is 12.5 Å². The first-order valence-corrected chi connectivity index (χ1v) is 5.81. The molecule has 0 aliphatic carbocycles. The molecule has 4 nitrogen and oxygen atoms in total. The molecule has 0 unspecified atom stereocenters. The molecule has 0 saturated carbocycles. The number of hydrogen-bond donors (Lipinski definition) is 0. The summed E-state index contributed by atoms with van der Waals surface area (Å²) in [5.41, 5.74) is 0.755. The molecule has 0 bridgehead atoms. The van der Waals surface area contributed by atoms with Crippen molar-refractivity contribution in [1.29, 1.82) is 0 Å². The first-order chi connectivity index (χ1) is 7.50. The molecular formula is C11H13BrN4. The van der Waals surface area contributed by atoms with Gasteiger partial charge in [0.25, 0.3) is 0 Å². The average molecular weight is 281 g/mol. The van der Waals surface area contributed by atoms with Gasteiger partial charge < -0.3 is 4.57 Å². The van der Waals surface area contributed by atoms with Gasteiger partial charge in [-0.3, -0.25) is 4.98 Å². The van der Waals surface area contributed by atoms with Gasteiger partial charge in [-0.2, -0.15) is 0 Å². The van der Waals surface area contributed by atoms with E-state index in [9.17, 15) is 0 Å². The van der Waals surface area contributed by atoms with Crippen LogP contribution in [0.5, 0.6) is 0 Å². The Morgan fingerprint density at radius 1 is 1.31 bits per heavy atom. The van der Waals surface area contributed by atoms with Gasteiger partial charge in [-0.15, -0.1) is 10.2 Å². The number of aromatic nitrogens is 4. The van der Waals surface area contributed by atoms with Crippen LogP contribution in [0.1, 0.15) is 20.8 Å². The van der Waals surface area contributed by atoms with Gasteiger partial charge >= 0.3 is 0 Å². The van der Waals surface area contributed by atoms with E-state index >= 15 is 0 Å². The van der Waals surface area contributed by atoms with Gasteiger partial charge in [-0.25, -0.2) is 0 Å². The highest BCUT2D eigenvalue weighted by molar-refractivity contribution is 9.10. The second kappa shape index (κ2) is 3.97. The molecule has 2 heterocycles. The maximum atomic E-state index is 4.32. The van der Waals surface area contributed by atoms with E-state index in [1.807, 2.05) is 16.7 Å². The zero-order chi connectivity index (χ0) is 11.8. The number of rotatable bonds is 1. The van der Waals surface area contributed by atoms with Crippen LogP contribution in [-0.2, 0) is 5.54 Å². The fourth-order valence-electron chi connectivity index (χ4n) is 1.44. The Bertz CT molecular complexity index is 499. The lowest BCUT2D eigenvalue weighted by atomic mass is 10.1. The normalized spacial score (nSPS) is 11.8. The molecule has 0 aliphatic rings. The van der Waals surface area contributed by atoms with Gasteiger partial charge in [-0.05, 0) is 48.8 Å². The Morgan fingerprint density at radius 3 is 2.69 bits per heavy atom. The van der Waals surface area contributed by atoms with E-state index in [4.69, 9.17) is 0 Å². The molecule has 0 fully saturated rings. The lowest BCUT2D eigenvalue weighted by molar-refractivity contribution is 0.399. The molecule has 2 aromatic heterocycles. The van der Waals surface area contributed by atoms with E-state index in [0.717, 1.165) is 16.0 Å². The summed E-state index contributed by atoms with van der Waals surface area (Å²) in [6.45, 7) is 6.32. The van der Waals surface area contributed by atoms with Crippen LogP contribution in [0.4, 0.5) is 0 Å². The number of hydrogen-bond acceptors (Lipinski definition) is 3. The predicted molar refractivity (Wildman–Crippen MR) is 65.9 cm³/mol. The van der Waals surface area contributed by atoms with Gasteiger partial charge in [0.1, 0.15) is 12.0 Å². The Balaban J connectivity index is 2.58. The first-order valence-electron chi connectivity index (χ1n) is 5.01. The minimum atomic E-state index is -0.0597. The molecular weight excluding hydrogens is 268 g/mol. The van der Waals surface area contributed by atoms with Gasteiger partial charge in [0.2, 0.25) is 0 Å². The van der Waals surface area contributed by atoms with E-state index in [0.29, 0.717) is 0 Å². The van der Waals surface area contributed by atoms with Crippen LogP contribution < -0.4 is 0 Å². The Morgan fingerprint density at radius 2 is 2.06 bits per heavy atom. The van der Waals surface area contributed by atoms with Gasteiger partial charge in [0, 0.05) is 16.2 Å². The van der Waals surface area contributed by atoms with Crippen molar-refractivity contribution in [2.45, 2.75) is 26.3 Å². The van der Waals surface area contributed by atoms with Crippen LogP contribution in [0.3, 0.4) is 0 Å². The molecule has 0 atom stereocenters. The predicted octanol–water partition coefficient (Wildman–Crippen LogP) is 2.86. The van der Waals surface area contributed by atoms with Crippen molar-refractivity contribution in [3.8, 4) is 11.5 Å². The molecule has 0 saturated heterocycles. The van der Waals surface area contributed by atoms with Crippen molar-refractivity contribution in [2.24, 2.45) is 0 Å². The lowest BCUT2D eigenvalue weighted by Gasteiger charge is -2.22. The topological polar surface area (TPSA) is 43.6 Å². The van der Waals surface area contributed by atoms with Crippen molar-refractivity contribution in [1.82, 2.24) is 19.7 Å². The summed E-state index contributed by atoms with van der Waals surface area (Å²) in [5.74, 6) is 0.778. The van der Waals surface area contributed by atoms with Crippen LogP contribution in [0, 0.1) is 0 Å². The first kappa shape index (κ1) is 11.3. The highest BCUT2D eigenvalue weighted by Crippen LogP contribution is 2.27. The summed E-state index contributed by atoms with van der Waals surface area (Å²) in [4.78, 5) is 4.32. The highest BCUT2D eigenvalue weighted by atomic mass is 79.9. The SMILES string of the molecule is CC(C)(C)n1cnnc1-c1ncccc1Br. The van der Waals surface area contributed by atoms with Gasteiger partial charge in [-0.1, -0.05) is 0 Å². The van der Waals surface area contributed by atoms with Crippen molar-refractivity contribution < 1.29 is 0 Å². The largest absolute Gasteiger partial charge is 0.307 e. The number of pyridine rings is 1. The van der Waals surface area contributed by atoms with Crippen molar-refractivity contribution in [2.75, 3.05) is 0 Å². The maximum Gasteiger partial charge on any atom is 0.184 e. The molecule has 0 N–H and O–H groups in total. The van der Waals surface area contributed by atoms with Crippen LogP contribution in [0.15, 0.2) is 29.1 Å². The molecule has 16 heavy (non-hydrogen) atoms. The summed E-state index contributed by atoms with van der Waals surface area (Å²) in [6, 6.07) is 3.83. The number of nitrogens with zero attached hydrogens (tertiary/aromatic N) is 4. The summed E-state index contributed by atoms with van der Waals surface area (Å²) in [5, 5.41) is 8.09. The van der Waals surface area contributed by atoms with Crippen LogP contribution in [-0.4, -0.2) is 19.7 Å². The van der Waals surface area contributed by atoms with Crippen molar-refractivity contribution in [3.63, 3.8) is 0 Å². The van der Waals surface area contributed by atoms with E-state index < -0.39 is 0 Å². The van der Waals surface area contributed by atoms with E-state index in [-0.39, 0.29) is 5.54 Å². The molecule has 84 valence electrons. The Kier molecular flexibility index (Phi) is 2.80. The quantitative estimate of drug-likeness (QED) is 0.807. The lowest BCUT2D eigenvalue weighted by Crippen LogP contribution is -2.22. The third kappa shape index (κ3) is 2.00. The minimum absolute atomic E-state index is 0.0597. The summed E-state index contributed by atoms with van der Waals surface area (Å²) in [7, 11) is 0. The Hall–Kier alpha value is -1.23. The summed E-state index contributed by atoms with van der Waals surface area (Å²) < 4.78 is 2.94. The molecule has 0 aromatic carbocycles. The maximum absolute atomic E-state index is 4.32. The molecule has 0 radical (unpaired) electrons. The van der Waals surface area contributed by atoms with E-state index in [1.165, 1.54) is 0 Å². The smallest absolute Gasteiger partial charge is 0.184 e. The van der Waals surface area contributed by atoms with E-state index in [2.05, 4.69) is 51.9 Å². The summed E-state index contributed by atoms with van der Waals surface area (Å²) in [6.07, 6.45) is 3.48. The zero-order valence-electron chi connectivity index (χ0n) is 9.48. The molecule has 0 spiro atoms. The second-order valence-corrected chi connectivity index (χ2v) is 5.38. The molecule has 2 rings (SSSR count). The van der Waals surface area contributed by atoms with Crippen LogP contribution >= 0.6 is 15.9 Å². The zero-order valence-corrected chi connectivity index (χ0v) is 11.1. The fraction of sp³-hybridized carbons (Fsp3) is 0.364. The minimum Gasteiger partial charge on any atom is -0.307 e. The molecule has 2 aromatic rings. The molecule has 0 aliphatic heterocycles. The summed E-state index contributed by atoms with van der Waals surface area (Å²) >= 11 is 3.47. The van der Waals surface area contributed by atoms with Gasteiger partial charge in [0.05, 0.1) is 0 Å². The molecule has 5 heteroatoms. The highest BCUT2D eigenvalue weighted by Gasteiger charge is 2.20. The fourth-order valence-corrected chi connectivity index (χ4v) is 1.87. The number of halogens is 1. The van der Waals surface area contributed by atoms with Crippen LogP contribution in [0.25, 0.3) is 11.5 Å². The van der Waals surface area contributed by atoms with Gasteiger partial charge in [0.15, 0.2) is 5.82 Å². The third-order valence-corrected chi connectivity index (χ3v) is 2.88. The average Bonchev–Trinajstić information content (AvgIpc) is 2.66. The monoisotopic (exact) mass is 280 g/mol. The third-order valence-electron chi connectivity index (χ3n) is 2.24. The van der Waals surface area contributed by atoms with Crippen molar-refractivity contribution >= 4 is 15.9 Å².